The smallest absolute Gasteiger partial charge is 0.303 e. The Bertz CT molecular complexity index is 501. The van der Waals surface area contributed by atoms with Crippen LogP contribution in [0, 0.1) is 17.5 Å². The lowest BCUT2D eigenvalue weighted by Crippen LogP contribution is -2.43. The third-order valence-electron chi connectivity index (χ3n) is 3.39. The first-order chi connectivity index (χ1) is 9.97. The van der Waals surface area contributed by atoms with E-state index in [0.29, 0.717) is 19.4 Å². The molecular weight excluding hydrogens is 287 g/mol. The van der Waals surface area contributed by atoms with Gasteiger partial charge in [-0.15, -0.1) is 0 Å². The predicted octanol–water partition coefficient (Wildman–Crippen LogP) is 2.39. The summed E-state index contributed by atoms with van der Waals surface area (Å²) >= 11 is 0. The highest BCUT2D eigenvalue weighted by Crippen LogP contribution is 2.23. The van der Waals surface area contributed by atoms with Gasteiger partial charge in [-0.25, -0.2) is 13.2 Å². The van der Waals surface area contributed by atoms with Crippen molar-refractivity contribution in [3.05, 3.63) is 35.1 Å². The second kappa shape index (κ2) is 6.91. The summed E-state index contributed by atoms with van der Waals surface area (Å²) in [5, 5.41) is 11.7. The number of halogens is 3. The molecule has 4 nitrogen and oxygen atoms in total. The second-order valence-electron chi connectivity index (χ2n) is 5.04. The fourth-order valence-corrected chi connectivity index (χ4v) is 2.34. The third-order valence-corrected chi connectivity index (χ3v) is 3.39. The lowest BCUT2D eigenvalue weighted by Gasteiger charge is -2.31. The van der Waals surface area contributed by atoms with Crippen molar-refractivity contribution in [3.63, 3.8) is 0 Å². The summed E-state index contributed by atoms with van der Waals surface area (Å²) in [6.45, 7) is 0.627. The largest absolute Gasteiger partial charge is 0.481 e. The summed E-state index contributed by atoms with van der Waals surface area (Å²) < 4.78 is 44.8. The number of aliphatic carboxylic acids is 1. The minimum atomic E-state index is -1.49. The van der Waals surface area contributed by atoms with Gasteiger partial charge in [0.1, 0.15) is 0 Å². The van der Waals surface area contributed by atoms with Crippen LogP contribution in [0.25, 0.3) is 0 Å². The molecule has 1 aliphatic rings. The molecule has 1 aromatic rings. The van der Waals surface area contributed by atoms with E-state index in [2.05, 4.69) is 5.32 Å². The molecule has 1 heterocycles. The van der Waals surface area contributed by atoms with Gasteiger partial charge in [0, 0.05) is 12.5 Å². The van der Waals surface area contributed by atoms with Gasteiger partial charge in [-0.3, -0.25) is 4.79 Å². The Balaban J connectivity index is 1.99. The highest BCUT2D eigenvalue weighted by molar-refractivity contribution is 5.66. The molecule has 0 bridgehead atoms. The second-order valence-corrected chi connectivity index (χ2v) is 5.04. The number of benzene rings is 1. The van der Waals surface area contributed by atoms with E-state index in [9.17, 15) is 18.0 Å². The molecule has 0 spiro atoms. The van der Waals surface area contributed by atoms with Crippen LogP contribution in [0.3, 0.4) is 0 Å². The van der Waals surface area contributed by atoms with E-state index < -0.39 is 29.5 Å². The SMILES string of the molecule is O=C(O)CCC[C@H]1COC[C@@H](c2cc(F)c(F)c(F)c2)N1. The lowest BCUT2D eigenvalue weighted by molar-refractivity contribution is -0.137. The van der Waals surface area contributed by atoms with Crippen LogP contribution in [0.15, 0.2) is 12.1 Å². The van der Waals surface area contributed by atoms with E-state index in [4.69, 9.17) is 9.84 Å². The van der Waals surface area contributed by atoms with Crippen molar-refractivity contribution in [1.29, 1.82) is 0 Å². The standard InChI is InChI=1S/C14H16F3NO3/c15-10-4-8(5-11(16)14(10)17)12-7-21-6-9(18-12)2-1-3-13(19)20/h4-5,9,12,18H,1-3,6-7H2,(H,19,20)/t9-,12-/m0/s1. The van der Waals surface area contributed by atoms with Crippen LogP contribution in [0.4, 0.5) is 13.2 Å². The van der Waals surface area contributed by atoms with Crippen molar-refractivity contribution >= 4 is 5.97 Å². The molecule has 1 aromatic carbocycles. The van der Waals surface area contributed by atoms with Crippen LogP contribution in [-0.2, 0) is 9.53 Å². The molecule has 21 heavy (non-hydrogen) atoms. The van der Waals surface area contributed by atoms with Crippen LogP contribution in [0.5, 0.6) is 0 Å². The van der Waals surface area contributed by atoms with Crippen LogP contribution < -0.4 is 5.32 Å². The number of carboxylic acids is 1. The van der Waals surface area contributed by atoms with Gasteiger partial charge >= 0.3 is 5.97 Å². The van der Waals surface area contributed by atoms with Crippen LogP contribution in [0.1, 0.15) is 30.9 Å². The molecule has 0 aromatic heterocycles. The van der Waals surface area contributed by atoms with E-state index in [1.807, 2.05) is 0 Å². The molecule has 0 saturated carbocycles. The molecule has 1 fully saturated rings. The summed E-state index contributed by atoms with van der Waals surface area (Å²) in [5.41, 5.74) is 0.273. The zero-order chi connectivity index (χ0) is 15.4. The van der Waals surface area contributed by atoms with Crippen LogP contribution in [0.2, 0.25) is 0 Å². The Labute approximate surface area is 119 Å². The van der Waals surface area contributed by atoms with Gasteiger partial charge in [-0.05, 0) is 30.5 Å². The first-order valence-electron chi connectivity index (χ1n) is 6.67. The Kier molecular flexibility index (Phi) is 5.19. The zero-order valence-electron chi connectivity index (χ0n) is 11.2. The molecule has 116 valence electrons. The van der Waals surface area contributed by atoms with Crippen molar-refractivity contribution in [2.45, 2.75) is 31.3 Å². The summed E-state index contributed by atoms with van der Waals surface area (Å²) in [5.74, 6) is -4.83. The van der Waals surface area contributed by atoms with E-state index in [1.165, 1.54) is 0 Å². The number of carboxylic acid groups (broad SMARTS) is 1. The third kappa shape index (κ3) is 4.18. The lowest BCUT2D eigenvalue weighted by atomic mass is 10.0. The topological polar surface area (TPSA) is 58.6 Å². The minimum Gasteiger partial charge on any atom is -0.481 e. The number of hydrogen-bond donors (Lipinski definition) is 2. The maximum Gasteiger partial charge on any atom is 0.303 e. The highest BCUT2D eigenvalue weighted by atomic mass is 19.2. The summed E-state index contributed by atoms with van der Waals surface area (Å²) in [7, 11) is 0. The zero-order valence-corrected chi connectivity index (χ0v) is 11.2. The van der Waals surface area contributed by atoms with E-state index in [1.54, 1.807) is 0 Å². The fourth-order valence-electron chi connectivity index (χ4n) is 2.34. The first kappa shape index (κ1) is 15.8. The number of morpholine rings is 1. The molecule has 7 heteroatoms. The van der Waals surface area contributed by atoms with Crippen molar-refractivity contribution in [3.8, 4) is 0 Å². The summed E-state index contributed by atoms with van der Waals surface area (Å²) in [6, 6.07) is 1.34. The van der Waals surface area contributed by atoms with E-state index in [0.717, 1.165) is 12.1 Å². The predicted molar refractivity (Wildman–Crippen MR) is 68.3 cm³/mol. The van der Waals surface area contributed by atoms with Gasteiger partial charge < -0.3 is 15.2 Å². The minimum absolute atomic E-state index is 0.0582. The molecule has 1 aliphatic heterocycles. The molecule has 2 atom stereocenters. The van der Waals surface area contributed by atoms with Crippen LogP contribution in [-0.4, -0.2) is 30.3 Å². The Morgan fingerprint density at radius 2 is 1.95 bits per heavy atom. The average molecular weight is 303 g/mol. The maximum atomic E-state index is 13.2. The van der Waals surface area contributed by atoms with Gasteiger partial charge in [0.05, 0.1) is 19.3 Å². The number of ether oxygens (including phenoxy) is 1. The van der Waals surface area contributed by atoms with Crippen molar-refractivity contribution in [2.75, 3.05) is 13.2 Å². The molecule has 0 amide bonds. The number of hydrogen-bond acceptors (Lipinski definition) is 3. The molecule has 2 N–H and O–H groups in total. The fraction of sp³-hybridized carbons (Fsp3) is 0.500. The molecule has 0 radical (unpaired) electrons. The van der Waals surface area contributed by atoms with Gasteiger partial charge in [-0.2, -0.15) is 0 Å². The van der Waals surface area contributed by atoms with Crippen molar-refractivity contribution < 1.29 is 27.8 Å². The number of rotatable bonds is 5. The average Bonchev–Trinajstić information content (AvgIpc) is 2.44. The Morgan fingerprint density at radius 1 is 1.29 bits per heavy atom. The van der Waals surface area contributed by atoms with Gasteiger partial charge in [0.2, 0.25) is 0 Å². The highest BCUT2D eigenvalue weighted by Gasteiger charge is 2.24. The van der Waals surface area contributed by atoms with Crippen molar-refractivity contribution in [2.24, 2.45) is 0 Å². The first-order valence-corrected chi connectivity index (χ1v) is 6.67. The maximum absolute atomic E-state index is 13.2. The molecular formula is C14H16F3NO3. The summed E-state index contributed by atoms with van der Waals surface area (Å²) in [4.78, 5) is 10.5. The van der Waals surface area contributed by atoms with Gasteiger partial charge in [0.25, 0.3) is 0 Å². The molecule has 2 rings (SSSR count). The molecule has 1 saturated heterocycles. The normalized spacial score (nSPS) is 22.2. The Morgan fingerprint density at radius 3 is 2.57 bits per heavy atom. The van der Waals surface area contributed by atoms with Crippen LogP contribution >= 0.6 is 0 Å². The van der Waals surface area contributed by atoms with Gasteiger partial charge in [-0.1, -0.05) is 0 Å². The van der Waals surface area contributed by atoms with Gasteiger partial charge in [0.15, 0.2) is 17.5 Å². The molecule has 0 unspecified atom stereocenters. The molecule has 0 aliphatic carbocycles. The number of nitrogens with one attached hydrogen (secondary N) is 1. The monoisotopic (exact) mass is 303 g/mol. The number of carbonyl (C=O) groups is 1. The summed E-state index contributed by atoms with van der Waals surface area (Å²) in [6.07, 6.45) is 1.12. The quantitative estimate of drug-likeness (QED) is 0.820. The Hall–Kier alpha value is -1.60. The van der Waals surface area contributed by atoms with E-state index in [-0.39, 0.29) is 24.6 Å². The van der Waals surface area contributed by atoms with Crippen molar-refractivity contribution in [1.82, 2.24) is 5.32 Å². The van der Waals surface area contributed by atoms with E-state index >= 15 is 0 Å².